The number of hydrogen-bond donors (Lipinski definition) is 0. The fourth-order valence-electron chi connectivity index (χ4n) is 3.53. The number of rotatable bonds is 18. The van der Waals surface area contributed by atoms with E-state index in [2.05, 4.69) is 40.0 Å². The molecule has 0 saturated carbocycles. The van der Waals surface area contributed by atoms with Crippen molar-refractivity contribution in [2.75, 3.05) is 39.6 Å². The molecule has 2 heterocycles. The van der Waals surface area contributed by atoms with Gasteiger partial charge in [-0.15, -0.1) is 0 Å². The molecular weight excluding hydrogens is 420 g/mol. The van der Waals surface area contributed by atoms with Crippen LogP contribution in [-0.2, 0) is 27.2 Å². The Labute approximate surface area is 181 Å². The van der Waals surface area contributed by atoms with E-state index in [1.807, 2.05) is 0 Å². The highest BCUT2D eigenvalue weighted by Crippen LogP contribution is 2.30. The minimum atomic E-state index is -2.17. The van der Waals surface area contributed by atoms with Crippen molar-refractivity contribution in [3.63, 3.8) is 0 Å². The van der Waals surface area contributed by atoms with Crippen molar-refractivity contribution in [1.29, 1.82) is 0 Å². The molecule has 172 valence electrons. The summed E-state index contributed by atoms with van der Waals surface area (Å²) in [5.41, 5.74) is 0. The van der Waals surface area contributed by atoms with E-state index in [0.717, 1.165) is 76.7 Å². The van der Waals surface area contributed by atoms with Gasteiger partial charge in [0.05, 0.1) is 26.4 Å². The third-order valence-corrected chi connectivity index (χ3v) is 19.2. The normalized spacial score (nSPS) is 25.4. The van der Waals surface area contributed by atoms with Gasteiger partial charge in [0.2, 0.25) is 0 Å². The second-order valence-corrected chi connectivity index (χ2v) is 22.3. The lowest BCUT2D eigenvalue weighted by atomic mass is 10.5. The molecule has 2 saturated heterocycles. The first-order valence-corrected chi connectivity index (χ1v) is 19.9. The first-order valence-electron chi connectivity index (χ1n) is 11.5. The summed E-state index contributed by atoms with van der Waals surface area (Å²) in [5.74, 6) is 0. The molecule has 0 aromatic carbocycles. The molecule has 2 fully saturated rings. The van der Waals surface area contributed by atoms with Crippen LogP contribution in [0.4, 0.5) is 0 Å². The molecule has 0 aromatic heterocycles. The van der Waals surface area contributed by atoms with Crippen LogP contribution in [0, 0.1) is 0 Å². The molecular formula is C20H44O6Si3. The maximum Gasteiger partial charge on any atom is 0.314 e. The SMILES string of the molecule is CC[Si](C)(CCCOCC1CO1)O[Si](C)(CC)O[Si](C)(C)CCCOCC1CO1. The molecule has 6 nitrogen and oxygen atoms in total. The van der Waals surface area contributed by atoms with E-state index in [-0.39, 0.29) is 0 Å². The van der Waals surface area contributed by atoms with Crippen molar-refractivity contribution in [3.8, 4) is 0 Å². The van der Waals surface area contributed by atoms with Crippen LogP contribution in [0.1, 0.15) is 26.7 Å². The van der Waals surface area contributed by atoms with Gasteiger partial charge in [-0.1, -0.05) is 13.8 Å². The predicted molar refractivity (Wildman–Crippen MR) is 124 cm³/mol. The van der Waals surface area contributed by atoms with Crippen LogP contribution in [-0.4, -0.2) is 77.0 Å². The van der Waals surface area contributed by atoms with Gasteiger partial charge in [0.15, 0.2) is 16.6 Å². The van der Waals surface area contributed by atoms with Gasteiger partial charge in [-0.3, -0.25) is 0 Å². The van der Waals surface area contributed by atoms with Gasteiger partial charge >= 0.3 is 8.56 Å². The zero-order valence-electron chi connectivity index (χ0n) is 19.6. The minimum Gasteiger partial charge on any atom is -0.436 e. The van der Waals surface area contributed by atoms with Crippen LogP contribution in [0.15, 0.2) is 0 Å². The quantitative estimate of drug-likeness (QED) is 0.169. The first-order chi connectivity index (χ1) is 13.7. The lowest BCUT2D eigenvalue weighted by Crippen LogP contribution is -2.54. The summed E-state index contributed by atoms with van der Waals surface area (Å²) in [6, 6.07) is 4.40. The van der Waals surface area contributed by atoms with Crippen LogP contribution in [0.25, 0.3) is 0 Å². The summed E-state index contributed by atoms with van der Waals surface area (Å²) in [6.45, 7) is 18.7. The Bertz CT molecular complexity index is 475. The molecule has 4 unspecified atom stereocenters. The molecule has 4 atom stereocenters. The molecule has 0 amide bonds. The van der Waals surface area contributed by atoms with E-state index >= 15 is 0 Å². The van der Waals surface area contributed by atoms with E-state index in [4.69, 9.17) is 27.2 Å². The Morgan fingerprint density at radius 2 is 1.28 bits per heavy atom. The molecule has 2 aliphatic rings. The van der Waals surface area contributed by atoms with Crippen molar-refractivity contribution in [3.05, 3.63) is 0 Å². The average molecular weight is 465 g/mol. The monoisotopic (exact) mass is 464 g/mol. The maximum absolute atomic E-state index is 6.93. The highest BCUT2D eigenvalue weighted by atomic mass is 28.5. The minimum absolute atomic E-state index is 0.352. The number of ether oxygens (including phenoxy) is 4. The predicted octanol–water partition coefficient (Wildman–Crippen LogP) is 4.52. The fraction of sp³-hybridized carbons (Fsp3) is 1.00. The highest BCUT2D eigenvalue weighted by Gasteiger charge is 2.42. The Morgan fingerprint density at radius 1 is 0.759 bits per heavy atom. The van der Waals surface area contributed by atoms with Crippen molar-refractivity contribution in [1.82, 2.24) is 0 Å². The van der Waals surface area contributed by atoms with Crippen LogP contribution < -0.4 is 0 Å². The van der Waals surface area contributed by atoms with E-state index in [9.17, 15) is 0 Å². The number of hydrogen-bond acceptors (Lipinski definition) is 6. The summed E-state index contributed by atoms with van der Waals surface area (Å²) >= 11 is 0. The molecule has 0 radical (unpaired) electrons. The van der Waals surface area contributed by atoms with E-state index in [0.29, 0.717) is 12.2 Å². The molecule has 0 N–H and O–H groups in total. The first kappa shape index (κ1) is 25.7. The zero-order chi connectivity index (χ0) is 21.4. The smallest absolute Gasteiger partial charge is 0.314 e. The van der Waals surface area contributed by atoms with Crippen LogP contribution >= 0.6 is 0 Å². The van der Waals surface area contributed by atoms with Crippen molar-refractivity contribution in [2.24, 2.45) is 0 Å². The van der Waals surface area contributed by atoms with Crippen molar-refractivity contribution < 1.29 is 27.2 Å². The van der Waals surface area contributed by atoms with Gasteiger partial charge in [-0.05, 0) is 63.2 Å². The third-order valence-electron chi connectivity index (χ3n) is 5.82. The molecule has 29 heavy (non-hydrogen) atoms. The van der Waals surface area contributed by atoms with Crippen LogP contribution in [0.2, 0.25) is 50.4 Å². The lowest BCUT2D eigenvalue weighted by molar-refractivity contribution is 0.116. The van der Waals surface area contributed by atoms with E-state index in [1.54, 1.807) is 0 Å². The standard InChI is InChI=1S/C20H44O6Si3/c1-7-28(5,14-10-12-22-16-20-18-24-20)26-29(6,8-2)25-27(3,4)13-9-11-21-15-19-17-23-19/h19-20H,7-18H2,1-6H3. The van der Waals surface area contributed by atoms with Gasteiger partial charge < -0.3 is 27.2 Å². The van der Waals surface area contributed by atoms with Crippen molar-refractivity contribution >= 4 is 25.2 Å². The van der Waals surface area contributed by atoms with Gasteiger partial charge in [0.1, 0.15) is 12.2 Å². The largest absolute Gasteiger partial charge is 0.436 e. The van der Waals surface area contributed by atoms with Crippen LogP contribution in [0.3, 0.4) is 0 Å². The molecule has 0 spiro atoms. The summed E-state index contributed by atoms with van der Waals surface area (Å²) < 4.78 is 35.6. The molecule has 0 bridgehead atoms. The van der Waals surface area contributed by atoms with Crippen molar-refractivity contribution in [2.45, 2.75) is 89.3 Å². The fourth-order valence-corrected chi connectivity index (χ4v) is 17.7. The Kier molecular flexibility index (Phi) is 10.5. The summed E-state index contributed by atoms with van der Waals surface area (Å²) in [4.78, 5) is 0. The molecule has 0 aliphatic carbocycles. The molecule has 9 heteroatoms. The topological polar surface area (TPSA) is 62.0 Å². The third kappa shape index (κ3) is 11.0. The second kappa shape index (κ2) is 11.9. The second-order valence-electron chi connectivity index (χ2n) is 9.52. The van der Waals surface area contributed by atoms with Gasteiger partial charge in [0, 0.05) is 13.2 Å². The summed E-state index contributed by atoms with van der Waals surface area (Å²) in [5, 5.41) is 0. The molecule has 2 rings (SSSR count). The average Bonchev–Trinajstić information content (AvgIpc) is 3.55. The molecule has 0 aromatic rings. The summed E-state index contributed by atoms with van der Waals surface area (Å²) in [6.07, 6.45) is 2.83. The van der Waals surface area contributed by atoms with Gasteiger partial charge in [0.25, 0.3) is 0 Å². The Balaban J connectivity index is 1.72. The molecule has 2 aliphatic heterocycles. The van der Waals surface area contributed by atoms with Gasteiger partial charge in [-0.25, -0.2) is 0 Å². The highest BCUT2D eigenvalue weighted by molar-refractivity contribution is 6.88. The van der Waals surface area contributed by atoms with Gasteiger partial charge in [-0.2, -0.15) is 0 Å². The van der Waals surface area contributed by atoms with E-state index < -0.39 is 25.2 Å². The zero-order valence-corrected chi connectivity index (χ0v) is 22.6. The Morgan fingerprint density at radius 3 is 1.72 bits per heavy atom. The Hall–Kier alpha value is 0.411. The lowest BCUT2D eigenvalue weighted by Gasteiger charge is -2.41. The van der Waals surface area contributed by atoms with Crippen LogP contribution in [0.5, 0.6) is 0 Å². The maximum atomic E-state index is 6.93. The summed E-state index contributed by atoms with van der Waals surface area (Å²) in [7, 11) is -5.72. The van der Waals surface area contributed by atoms with E-state index in [1.165, 1.54) is 0 Å². The number of epoxide rings is 2.